The Labute approximate surface area is 171 Å². The number of benzene rings is 1. The van der Waals surface area contributed by atoms with Crippen molar-refractivity contribution < 1.29 is 17.9 Å². The number of piperidine rings is 1. The van der Waals surface area contributed by atoms with Gasteiger partial charge in [0.2, 0.25) is 0 Å². The van der Waals surface area contributed by atoms with E-state index in [4.69, 9.17) is 21.1 Å². The Kier molecular flexibility index (Phi) is 6.47. The summed E-state index contributed by atoms with van der Waals surface area (Å²) in [5.41, 5.74) is 1.68. The van der Waals surface area contributed by atoms with Gasteiger partial charge in [-0.2, -0.15) is 0 Å². The number of rotatable bonds is 6. The summed E-state index contributed by atoms with van der Waals surface area (Å²) in [4.78, 5) is 6.92. The molecule has 1 aliphatic rings. The van der Waals surface area contributed by atoms with E-state index in [1.165, 1.54) is 18.5 Å². The van der Waals surface area contributed by atoms with E-state index in [9.17, 15) is 8.42 Å². The lowest BCUT2D eigenvalue weighted by Gasteiger charge is -2.33. The zero-order valence-electron chi connectivity index (χ0n) is 16.3. The number of hydrogen-bond donors (Lipinski definition) is 0. The van der Waals surface area contributed by atoms with Crippen molar-refractivity contribution in [1.29, 1.82) is 0 Å². The Morgan fingerprint density at radius 2 is 2.04 bits per heavy atom. The van der Waals surface area contributed by atoms with Crippen LogP contribution in [0.1, 0.15) is 30.0 Å². The number of hydrogen-bond acceptors (Lipinski definition) is 6. The number of halogens is 1. The molecule has 0 aliphatic carbocycles. The maximum atomic E-state index is 12.2. The zero-order valence-corrected chi connectivity index (χ0v) is 17.9. The van der Waals surface area contributed by atoms with E-state index >= 15 is 0 Å². The summed E-state index contributed by atoms with van der Waals surface area (Å²) in [5, 5.41) is 0.333. The molecule has 1 aromatic heterocycles. The van der Waals surface area contributed by atoms with Gasteiger partial charge >= 0.3 is 0 Å². The number of methoxy groups -OCH3 is 2. The van der Waals surface area contributed by atoms with E-state index in [0.29, 0.717) is 17.3 Å². The van der Waals surface area contributed by atoms with Crippen LogP contribution in [0.5, 0.6) is 11.5 Å². The lowest BCUT2D eigenvalue weighted by molar-refractivity contribution is 0.195. The van der Waals surface area contributed by atoms with E-state index < -0.39 is 9.84 Å². The van der Waals surface area contributed by atoms with Gasteiger partial charge in [-0.05, 0) is 31.5 Å². The molecule has 1 fully saturated rings. The molecule has 0 bridgehead atoms. The molecule has 152 valence electrons. The second-order valence-corrected chi connectivity index (χ2v) is 9.48. The van der Waals surface area contributed by atoms with Crippen LogP contribution in [0, 0.1) is 0 Å². The minimum absolute atomic E-state index is 0.0417. The first-order valence-electron chi connectivity index (χ1n) is 9.10. The van der Waals surface area contributed by atoms with Crippen LogP contribution in [0.2, 0.25) is 5.02 Å². The summed E-state index contributed by atoms with van der Waals surface area (Å²) in [7, 11) is -0.126. The van der Waals surface area contributed by atoms with Gasteiger partial charge in [-0.15, -0.1) is 0 Å². The van der Waals surface area contributed by atoms with Crippen molar-refractivity contribution in [3.63, 3.8) is 0 Å². The second kappa shape index (κ2) is 8.68. The van der Waals surface area contributed by atoms with E-state index in [1.807, 2.05) is 18.2 Å². The fourth-order valence-corrected chi connectivity index (χ4v) is 4.84. The van der Waals surface area contributed by atoms with E-state index in [0.717, 1.165) is 43.0 Å². The van der Waals surface area contributed by atoms with Crippen molar-refractivity contribution in [2.45, 2.75) is 30.2 Å². The topological polar surface area (TPSA) is 68.7 Å². The molecule has 1 saturated heterocycles. The minimum atomic E-state index is -3.40. The highest BCUT2D eigenvalue weighted by Gasteiger charge is 2.28. The Bertz CT molecular complexity index is 949. The van der Waals surface area contributed by atoms with Gasteiger partial charge in [0, 0.05) is 43.1 Å². The van der Waals surface area contributed by atoms with Crippen molar-refractivity contribution in [3.05, 3.63) is 46.7 Å². The summed E-state index contributed by atoms with van der Waals surface area (Å²) < 4.78 is 35.2. The second-order valence-electron chi connectivity index (χ2n) is 7.06. The molecule has 2 heterocycles. The van der Waals surface area contributed by atoms with Crippen LogP contribution in [-0.2, 0) is 16.4 Å². The molecule has 0 unspecified atom stereocenters. The van der Waals surface area contributed by atoms with Gasteiger partial charge in [0.25, 0.3) is 0 Å². The van der Waals surface area contributed by atoms with Crippen LogP contribution in [0.15, 0.2) is 35.4 Å². The maximum Gasteiger partial charge on any atom is 0.177 e. The zero-order chi connectivity index (χ0) is 20.3. The molecular formula is C20H25ClN2O4S. The Hall–Kier alpha value is -1.83. The van der Waals surface area contributed by atoms with E-state index in [2.05, 4.69) is 9.88 Å². The van der Waals surface area contributed by atoms with Gasteiger partial charge in [-0.3, -0.25) is 9.88 Å². The molecule has 0 spiro atoms. The maximum absolute atomic E-state index is 12.2. The van der Waals surface area contributed by atoms with Gasteiger partial charge in [-0.25, -0.2) is 8.42 Å². The van der Waals surface area contributed by atoms with Crippen LogP contribution < -0.4 is 9.47 Å². The average molecular weight is 425 g/mol. The molecule has 0 N–H and O–H groups in total. The number of nitrogens with zero attached hydrogens (tertiary/aromatic N) is 2. The van der Waals surface area contributed by atoms with Gasteiger partial charge in [0.15, 0.2) is 9.84 Å². The molecule has 28 heavy (non-hydrogen) atoms. The lowest BCUT2D eigenvalue weighted by atomic mass is 9.93. The summed E-state index contributed by atoms with van der Waals surface area (Å²) >= 11 is 5.99. The van der Waals surface area contributed by atoms with Gasteiger partial charge in [-0.1, -0.05) is 17.7 Å². The minimum Gasteiger partial charge on any atom is -0.497 e. The van der Waals surface area contributed by atoms with Gasteiger partial charge in [0.05, 0.1) is 29.8 Å². The Morgan fingerprint density at radius 3 is 2.71 bits per heavy atom. The quantitative estimate of drug-likeness (QED) is 0.706. The van der Waals surface area contributed by atoms with Crippen LogP contribution >= 0.6 is 11.6 Å². The summed E-state index contributed by atoms with van der Waals surface area (Å²) in [5.74, 6) is 1.57. The first-order chi connectivity index (χ1) is 13.3. The van der Waals surface area contributed by atoms with Crippen LogP contribution in [-0.4, -0.2) is 51.9 Å². The smallest absolute Gasteiger partial charge is 0.177 e. The average Bonchev–Trinajstić information content (AvgIpc) is 2.67. The van der Waals surface area contributed by atoms with Crippen molar-refractivity contribution in [1.82, 2.24) is 9.88 Å². The first-order valence-corrected chi connectivity index (χ1v) is 11.4. The predicted molar refractivity (Wildman–Crippen MR) is 109 cm³/mol. The van der Waals surface area contributed by atoms with Gasteiger partial charge in [0.1, 0.15) is 11.5 Å². The molecule has 1 atom stereocenters. The summed E-state index contributed by atoms with van der Waals surface area (Å²) in [6.07, 6.45) is 4.59. The third-order valence-electron chi connectivity index (χ3n) is 5.03. The number of sulfone groups is 1. The molecule has 0 amide bonds. The molecule has 2 aromatic rings. The normalized spacial score (nSPS) is 18.1. The molecule has 1 aromatic carbocycles. The van der Waals surface area contributed by atoms with Crippen molar-refractivity contribution in [3.8, 4) is 11.5 Å². The Balaban J connectivity index is 1.82. The van der Waals surface area contributed by atoms with E-state index in [-0.39, 0.29) is 10.8 Å². The lowest BCUT2D eigenvalue weighted by Crippen LogP contribution is -2.34. The standard InChI is InChI=1S/C20H25ClN2O4S/c1-26-17-7-6-14(18(10-17)27-2)12-23-8-4-5-15(13-23)20-19(28(3,24)25)9-16(21)11-22-20/h6-7,9-11,15H,4-5,8,12-13H2,1-3H3/t15-/m1/s1. The predicted octanol–water partition coefficient (Wildman–Crippen LogP) is 3.54. The highest BCUT2D eigenvalue weighted by atomic mass is 35.5. The molecule has 3 rings (SSSR count). The monoisotopic (exact) mass is 424 g/mol. The molecule has 6 nitrogen and oxygen atoms in total. The highest BCUT2D eigenvalue weighted by molar-refractivity contribution is 7.90. The number of ether oxygens (including phenoxy) is 2. The van der Waals surface area contributed by atoms with Crippen LogP contribution in [0.4, 0.5) is 0 Å². The Morgan fingerprint density at radius 1 is 1.25 bits per heavy atom. The SMILES string of the molecule is COc1ccc(CN2CCC[C@@H](c3ncc(Cl)cc3S(C)(=O)=O)C2)c(OC)c1. The molecule has 8 heteroatoms. The summed E-state index contributed by atoms with van der Waals surface area (Å²) in [6, 6.07) is 7.30. The fourth-order valence-electron chi connectivity index (χ4n) is 3.68. The van der Waals surface area contributed by atoms with Gasteiger partial charge < -0.3 is 9.47 Å². The third-order valence-corrected chi connectivity index (χ3v) is 6.36. The highest BCUT2D eigenvalue weighted by Crippen LogP contribution is 2.33. The molecular weight excluding hydrogens is 400 g/mol. The number of aromatic nitrogens is 1. The van der Waals surface area contributed by atoms with Crippen molar-refractivity contribution in [2.24, 2.45) is 0 Å². The summed E-state index contributed by atoms with van der Waals surface area (Å²) in [6.45, 7) is 2.38. The molecule has 0 radical (unpaired) electrons. The van der Waals surface area contributed by atoms with Crippen molar-refractivity contribution >= 4 is 21.4 Å². The number of likely N-dealkylation sites (tertiary alicyclic amines) is 1. The largest absolute Gasteiger partial charge is 0.497 e. The van der Waals surface area contributed by atoms with Crippen molar-refractivity contribution in [2.75, 3.05) is 33.6 Å². The third kappa shape index (κ3) is 4.77. The molecule has 1 aliphatic heterocycles. The van der Waals surface area contributed by atoms with Crippen LogP contribution in [0.25, 0.3) is 0 Å². The first kappa shape index (κ1) is 20.9. The fraction of sp³-hybridized carbons (Fsp3) is 0.450. The molecule has 0 saturated carbocycles. The number of pyridine rings is 1. The van der Waals surface area contributed by atoms with E-state index in [1.54, 1.807) is 14.2 Å². The van der Waals surface area contributed by atoms with Crippen LogP contribution in [0.3, 0.4) is 0 Å².